The molecule has 0 aliphatic rings. The Kier molecular flexibility index (Phi) is 8.48. The van der Waals surface area contributed by atoms with Gasteiger partial charge in [-0.05, 0) is 54.6 Å². The Balaban J connectivity index is 2.28. The third-order valence-electron chi connectivity index (χ3n) is 4.50. The molecule has 8 heteroatoms. The fourth-order valence-corrected chi connectivity index (χ4v) is 3.18. The maximum atomic E-state index is 13.3. The molecule has 6 nitrogen and oxygen atoms in total. The summed E-state index contributed by atoms with van der Waals surface area (Å²) in [5, 5.41) is 2.08. The van der Waals surface area contributed by atoms with E-state index in [0.717, 1.165) is 0 Å². The van der Waals surface area contributed by atoms with E-state index in [1.165, 1.54) is 50.2 Å². The Morgan fingerprint density at radius 3 is 2.34 bits per heavy atom. The topological polar surface area (TPSA) is 90.6 Å². The van der Waals surface area contributed by atoms with Crippen molar-refractivity contribution in [2.45, 2.75) is 17.7 Å². The number of hydrogen-bond acceptors (Lipinski definition) is 6. The number of nitrogens with two attached hydrogens (primary N) is 1. The average Bonchev–Trinajstić information content (AvgIpc) is 2.75. The standard InChI is InChI=1S/C21H25FN2O4S/c1-27-17-9-6-14(12-18(17)28-2)16(10-11-24-21(26)20(23)29-3)19(25)13-4-7-15(22)8-5-13/h4-9,12,16,20H,10-11,23H2,1-3H3,(H,24,26). The summed E-state index contributed by atoms with van der Waals surface area (Å²) in [5.74, 6) is -0.411. The lowest BCUT2D eigenvalue weighted by molar-refractivity contribution is -0.120. The molecule has 29 heavy (non-hydrogen) atoms. The van der Waals surface area contributed by atoms with Crippen molar-refractivity contribution in [1.82, 2.24) is 5.32 Å². The van der Waals surface area contributed by atoms with Crippen molar-refractivity contribution >= 4 is 23.5 Å². The third-order valence-corrected chi connectivity index (χ3v) is 5.22. The molecule has 2 unspecified atom stereocenters. The van der Waals surface area contributed by atoms with Gasteiger partial charge >= 0.3 is 0 Å². The van der Waals surface area contributed by atoms with E-state index >= 15 is 0 Å². The van der Waals surface area contributed by atoms with Crippen LogP contribution >= 0.6 is 11.8 Å². The zero-order chi connectivity index (χ0) is 21.4. The maximum Gasteiger partial charge on any atom is 0.247 e. The van der Waals surface area contributed by atoms with Crippen molar-refractivity contribution in [3.05, 3.63) is 59.4 Å². The Morgan fingerprint density at radius 1 is 1.10 bits per heavy atom. The number of benzene rings is 2. The van der Waals surface area contributed by atoms with Gasteiger partial charge in [0.2, 0.25) is 5.91 Å². The molecule has 156 valence electrons. The number of carbonyl (C=O) groups is 2. The molecule has 0 bridgehead atoms. The van der Waals surface area contributed by atoms with Gasteiger partial charge in [-0.3, -0.25) is 9.59 Å². The van der Waals surface area contributed by atoms with E-state index in [1.807, 2.05) is 0 Å². The van der Waals surface area contributed by atoms with Crippen LogP contribution in [-0.4, -0.2) is 44.1 Å². The number of methoxy groups -OCH3 is 2. The largest absolute Gasteiger partial charge is 0.493 e. The summed E-state index contributed by atoms with van der Waals surface area (Å²) in [6.07, 6.45) is 2.09. The van der Waals surface area contributed by atoms with Crippen LogP contribution in [0.15, 0.2) is 42.5 Å². The van der Waals surface area contributed by atoms with Crippen LogP contribution in [0.4, 0.5) is 4.39 Å². The van der Waals surface area contributed by atoms with Gasteiger partial charge in [-0.25, -0.2) is 4.39 Å². The molecule has 0 heterocycles. The minimum absolute atomic E-state index is 0.180. The third kappa shape index (κ3) is 5.95. The fraction of sp³-hybridized carbons (Fsp3) is 0.333. The summed E-state index contributed by atoms with van der Waals surface area (Å²) in [6, 6.07) is 10.6. The van der Waals surface area contributed by atoms with Gasteiger partial charge in [0.05, 0.1) is 14.2 Å². The van der Waals surface area contributed by atoms with E-state index in [4.69, 9.17) is 15.2 Å². The van der Waals surface area contributed by atoms with Crippen LogP contribution in [0.1, 0.15) is 28.3 Å². The van der Waals surface area contributed by atoms with Crippen LogP contribution in [0, 0.1) is 5.82 Å². The first-order chi connectivity index (χ1) is 13.9. The lowest BCUT2D eigenvalue weighted by atomic mass is 9.87. The molecule has 2 rings (SSSR count). The summed E-state index contributed by atoms with van der Waals surface area (Å²) in [4.78, 5) is 25.1. The van der Waals surface area contributed by atoms with Crippen molar-refractivity contribution in [1.29, 1.82) is 0 Å². The van der Waals surface area contributed by atoms with Gasteiger partial charge in [0.15, 0.2) is 17.3 Å². The number of rotatable bonds is 10. The quantitative estimate of drug-likeness (QED) is 0.454. The first-order valence-corrected chi connectivity index (χ1v) is 10.3. The highest BCUT2D eigenvalue weighted by Crippen LogP contribution is 2.33. The van der Waals surface area contributed by atoms with Gasteiger partial charge in [-0.15, -0.1) is 11.8 Å². The lowest BCUT2D eigenvalue weighted by Gasteiger charge is -2.19. The first kappa shape index (κ1) is 22.7. The fourth-order valence-electron chi connectivity index (χ4n) is 2.88. The molecule has 0 spiro atoms. The van der Waals surface area contributed by atoms with E-state index in [9.17, 15) is 14.0 Å². The van der Waals surface area contributed by atoms with E-state index in [-0.39, 0.29) is 18.2 Å². The lowest BCUT2D eigenvalue weighted by Crippen LogP contribution is -2.39. The molecule has 0 aromatic heterocycles. The van der Waals surface area contributed by atoms with Crippen LogP contribution in [0.5, 0.6) is 11.5 Å². The van der Waals surface area contributed by atoms with Gasteiger partial charge in [0.1, 0.15) is 11.2 Å². The molecule has 0 fully saturated rings. The number of Topliss-reactive ketones (excluding diaryl/α,β-unsaturated/α-hetero) is 1. The number of thioether (sulfide) groups is 1. The molecule has 1 amide bonds. The molecular formula is C21H25FN2O4S. The van der Waals surface area contributed by atoms with Crippen LogP contribution in [0.25, 0.3) is 0 Å². The normalized spacial score (nSPS) is 12.7. The Bertz CT molecular complexity index is 845. The Morgan fingerprint density at radius 2 is 1.76 bits per heavy atom. The number of ketones is 1. The summed E-state index contributed by atoms with van der Waals surface area (Å²) in [5.41, 5.74) is 6.79. The van der Waals surface area contributed by atoms with E-state index in [1.54, 1.807) is 24.5 Å². The van der Waals surface area contributed by atoms with Crippen LogP contribution in [-0.2, 0) is 4.79 Å². The van der Waals surface area contributed by atoms with E-state index < -0.39 is 17.1 Å². The molecule has 2 aromatic rings. The Hall–Kier alpha value is -2.58. The SMILES string of the molecule is COc1ccc(C(CCNC(=O)C(N)SC)C(=O)c2ccc(F)cc2)cc1OC. The number of carbonyl (C=O) groups excluding carboxylic acids is 2. The molecule has 2 aromatic carbocycles. The molecule has 0 saturated carbocycles. The number of ether oxygens (including phenoxy) is 2. The van der Waals surface area contributed by atoms with Gasteiger partial charge in [-0.2, -0.15) is 0 Å². The van der Waals surface area contributed by atoms with E-state index in [0.29, 0.717) is 29.0 Å². The number of nitrogens with one attached hydrogen (secondary N) is 1. The highest BCUT2D eigenvalue weighted by atomic mass is 32.2. The van der Waals surface area contributed by atoms with Crippen molar-refractivity contribution in [3.8, 4) is 11.5 Å². The van der Waals surface area contributed by atoms with Gasteiger partial charge < -0.3 is 20.5 Å². The molecule has 0 aliphatic carbocycles. The van der Waals surface area contributed by atoms with Crippen molar-refractivity contribution < 1.29 is 23.5 Å². The summed E-state index contributed by atoms with van der Waals surface area (Å²) in [6.45, 7) is 0.263. The average molecular weight is 421 g/mol. The number of hydrogen-bond donors (Lipinski definition) is 2. The maximum absolute atomic E-state index is 13.3. The smallest absolute Gasteiger partial charge is 0.247 e. The first-order valence-electron chi connectivity index (χ1n) is 8.99. The van der Waals surface area contributed by atoms with Crippen LogP contribution < -0.4 is 20.5 Å². The predicted octanol–water partition coefficient (Wildman–Crippen LogP) is 2.96. The minimum atomic E-state index is -0.665. The molecule has 0 saturated heterocycles. The highest BCUT2D eigenvalue weighted by molar-refractivity contribution is 7.99. The van der Waals surface area contributed by atoms with E-state index in [2.05, 4.69) is 5.32 Å². The zero-order valence-corrected chi connectivity index (χ0v) is 17.4. The highest BCUT2D eigenvalue weighted by Gasteiger charge is 2.24. The Labute approximate surface area is 174 Å². The minimum Gasteiger partial charge on any atom is -0.493 e. The summed E-state index contributed by atoms with van der Waals surface area (Å²) >= 11 is 1.23. The molecular weight excluding hydrogens is 395 g/mol. The van der Waals surface area contributed by atoms with Crippen molar-refractivity contribution in [3.63, 3.8) is 0 Å². The molecule has 0 radical (unpaired) electrons. The van der Waals surface area contributed by atoms with Crippen molar-refractivity contribution in [2.75, 3.05) is 27.0 Å². The molecule has 3 N–H and O–H groups in total. The monoisotopic (exact) mass is 420 g/mol. The summed E-state index contributed by atoms with van der Waals surface area (Å²) in [7, 11) is 3.05. The van der Waals surface area contributed by atoms with Gasteiger partial charge in [0.25, 0.3) is 0 Å². The number of amides is 1. The molecule has 2 atom stereocenters. The summed E-state index contributed by atoms with van der Waals surface area (Å²) < 4.78 is 23.9. The second-order valence-corrected chi connectivity index (χ2v) is 7.25. The van der Waals surface area contributed by atoms with Gasteiger partial charge in [-0.1, -0.05) is 6.07 Å². The second kappa shape index (κ2) is 10.8. The zero-order valence-electron chi connectivity index (χ0n) is 16.6. The van der Waals surface area contributed by atoms with Gasteiger partial charge in [0, 0.05) is 18.0 Å². The molecule has 0 aliphatic heterocycles. The predicted molar refractivity (Wildman–Crippen MR) is 112 cm³/mol. The second-order valence-electron chi connectivity index (χ2n) is 6.27. The number of halogens is 1. The van der Waals surface area contributed by atoms with Crippen LogP contribution in [0.3, 0.4) is 0 Å². The van der Waals surface area contributed by atoms with Crippen LogP contribution in [0.2, 0.25) is 0 Å². The van der Waals surface area contributed by atoms with Crippen molar-refractivity contribution in [2.24, 2.45) is 5.73 Å².